The van der Waals surface area contributed by atoms with Crippen LogP contribution in [0.25, 0.3) is 11.1 Å². The fraction of sp³-hybridized carbons (Fsp3) is 0.333. The number of ether oxygens (including phenoxy) is 2. The molecule has 1 aliphatic rings. The molecule has 0 unspecified atom stereocenters. The van der Waals surface area contributed by atoms with Gasteiger partial charge in [-0.15, -0.1) is 0 Å². The molecule has 2 aromatic rings. The molecule has 0 radical (unpaired) electrons. The van der Waals surface area contributed by atoms with E-state index in [4.69, 9.17) is 9.47 Å². The zero-order chi connectivity index (χ0) is 14.7. The monoisotopic (exact) mass is 283 g/mol. The van der Waals surface area contributed by atoms with Crippen LogP contribution in [0.4, 0.5) is 0 Å². The number of methoxy groups -OCH3 is 2. The van der Waals surface area contributed by atoms with E-state index in [1.165, 1.54) is 24.0 Å². The molecular formula is C18H21NO2. The Morgan fingerprint density at radius 3 is 2.48 bits per heavy atom. The molecule has 2 aromatic carbocycles. The van der Waals surface area contributed by atoms with E-state index in [2.05, 4.69) is 35.6 Å². The first-order chi connectivity index (χ1) is 10.3. The molecular weight excluding hydrogens is 262 g/mol. The van der Waals surface area contributed by atoms with E-state index in [1.807, 2.05) is 12.1 Å². The molecule has 0 aromatic heterocycles. The second-order valence-electron chi connectivity index (χ2n) is 5.38. The molecule has 1 N–H and O–H groups in total. The Kier molecular flexibility index (Phi) is 4.11. The predicted molar refractivity (Wildman–Crippen MR) is 84.8 cm³/mol. The maximum absolute atomic E-state index is 5.41. The molecule has 0 saturated heterocycles. The molecule has 110 valence electrons. The number of hydrogen-bond acceptors (Lipinski definition) is 3. The first-order valence-electron chi connectivity index (χ1n) is 7.35. The molecule has 1 aliphatic carbocycles. The highest BCUT2D eigenvalue weighted by Gasteiger charge is 2.20. The summed E-state index contributed by atoms with van der Waals surface area (Å²) in [6.45, 7) is 0.912. The highest BCUT2D eigenvalue weighted by atomic mass is 16.5. The van der Waals surface area contributed by atoms with Crippen LogP contribution in [0.2, 0.25) is 0 Å². The summed E-state index contributed by atoms with van der Waals surface area (Å²) in [5.41, 5.74) is 3.71. The van der Waals surface area contributed by atoms with Crippen LogP contribution >= 0.6 is 0 Å². The molecule has 3 heteroatoms. The van der Waals surface area contributed by atoms with Gasteiger partial charge in [0.25, 0.3) is 0 Å². The van der Waals surface area contributed by atoms with Crippen LogP contribution in [0.3, 0.4) is 0 Å². The van der Waals surface area contributed by atoms with Gasteiger partial charge in [-0.25, -0.2) is 0 Å². The summed E-state index contributed by atoms with van der Waals surface area (Å²) >= 11 is 0. The second kappa shape index (κ2) is 6.19. The molecule has 1 saturated carbocycles. The van der Waals surface area contributed by atoms with Gasteiger partial charge in [0.15, 0.2) is 11.5 Å². The average Bonchev–Trinajstić information content (AvgIpc) is 3.37. The molecule has 0 heterocycles. The summed E-state index contributed by atoms with van der Waals surface area (Å²) in [5, 5.41) is 3.58. The normalized spacial score (nSPS) is 14.0. The van der Waals surface area contributed by atoms with Crippen molar-refractivity contribution in [3.63, 3.8) is 0 Å². The van der Waals surface area contributed by atoms with Crippen molar-refractivity contribution in [1.29, 1.82) is 0 Å². The minimum Gasteiger partial charge on any atom is -0.493 e. The molecule has 0 aliphatic heterocycles. The van der Waals surface area contributed by atoms with Crippen molar-refractivity contribution >= 4 is 0 Å². The van der Waals surface area contributed by atoms with Gasteiger partial charge in [-0.3, -0.25) is 0 Å². The fourth-order valence-corrected chi connectivity index (χ4v) is 2.50. The van der Waals surface area contributed by atoms with Crippen LogP contribution in [0.15, 0.2) is 42.5 Å². The first-order valence-corrected chi connectivity index (χ1v) is 7.35. The summed E-state index contributed by atoms with van der Waals surface area (Å²) in [6, 6.07) is 15.3. The Bertz CT molecular complexity index is 620. The minimum absolute atomic E-state index is 0.712. The Morgan fingerprint density at radius 1 is 1.00 bits per heavy atom. The molecule has 0 amide bonds. The summed E-state index contributed by atoms with van der Waals surface area (Å²) in [7, 11) is 3.33. The van der Waals surface area contributed by atoms with E-state index in [9.17, 15) is 0 Å². The maximum atomic E-state index is 5.41. The first kappa shape index (κ1) is 14.0. The van der Waals surface area contributed by atoms with E-state index in [0.29, 0.717) is 6.04 Å². The Hall–Kier alpha value is -2.00. The second-order valence-corrected chi connectivity index (χ2v) is 5.38. The Balaban J connectivity index is 1.91. The number of benzene rings is 2. The van der Waals surface area contributed by atoms with Gasteiger partial charge in [-0.05, 0) is 41.7 Å². The van der Waals surface area contributed by atoms with Gasteiger partial charge in [0, 0.05) is 12.6 Å². The SMILES string of the molecule is COc1ccc(-c2ccccc2CNC2CC2)cc1OC. The van der Waals surface area contributed by atoms with Crippen molar-refractivity contribution in [2.75, 3.05) is 14.2 Å². The minimum atomic E-state index is 0.712. The van der Waals surface area contributed by atoms with Crippen molar-refractivity contribution in [3.8, 4) is 22.6 Å². The van der Waals surface area contributed by atoms with Gasteiger partial charge in [-0.1, -0.05) is 30.3 Å². The molecule has 0 spiro atoms. The van der Waals surface area contributed by atoms with Gasteiger partial charge in [0.1, 0.15) is 0 Å². The Morgan fingerprint density at radius 2 is 1.76 bits per heavy atom. The third kappa shape index (κ3) is 3.19. The fourth-order valence-electron chi connectivity index (χ4n) is 2.50. The quantitative estimate of drug-likeness (QED) is 0.878. The standard InChI is InChI=1S/C18H21NO2/c1-20-17-10-7-13(11-18(17)21-2)16-6-4-3-5-14(16)12-19-15-8-9-15/h3-7,10-11,15,19H,8-9,12H2,1-2H3. The van der Waals surface area contributed by atoms with E-state index in [0.717, 1.165) is 23.6 Å². The van der Waals surface area contributed by atoms with Crippen LogP contribution in [0.5, 0.6) is 11.5 Å². The van der Waals surface area contributed by atoms with Crippen LogP contribution in [0, 0.1) is 0 Å². The van der Waals surface area contributed by atoms with Crippen LogP contribution in [0.1, 0.15) is 18.4 Å². The van der Waals surface area contributed by atoms with Gasteiger partial charge in [0.05, 0.1) is 14.2 Å². The zero-order valence-electron chi connectivity index (χ0n) is 12.6. The summed E-state index contributed by atoms with van der Waals surface area (Å²) < 4.78 is 10.7. The van der Waals surface area contributed by atoms with E-state index in [1.54, 1.807) is 14.2 Å². The molecule has 3 nitrogen and oxygen atoms in total. The van der Waals surface area contributed by atoms with Crippen molar-refractivity contribution in [2.24, 2.45) is 0 Å². The molecule has 1 fully saturated rings. The van der Waals surface area contributed by atoms with Crippen LogP contribution in [-0.2, 0) is 6.54 Å². The Labute approximate surface area is 125 Å². The lowest BCUT2D eigenvalue weighted by atomic mass is 9.99. The van der Waals surface area contributed by atoms with Gasteiger partial charge in [0.2, 0.25) is 0 Å². The lowest BCUT2D eigenvalue weighted by Crippen LogP contribution is -2.15. The van der Waals surface area contributed by atoms with Crippen molar-refractivity contribution < 1.29 is 9.47 Å². The van der Waals surface area contributed by atoms with Gasteiger partial charge in [-0.2, -0.15) is 0 Å². The highest BCUT2D eigenvalue weighted by Crippen LogP contribution is 2.33. The third-order valence-electron chi connectivity index (χ3n) is 3.87. The topological polar surface area (TPSA) is 30.5 Å². The average molecular weight is 283 g/mol. The maximum Gasteiger partial charge on any atom is 0.161 e. The zero-order valence-corrected chi connectivity index (χ0v) is 12.6. The van der Waals surface area contributed by atoms with E-state index >= 15 is 0 Å². The van der Waals surface area contributed by atoms with Crippen LogP contribution in [-0.4, -0.2) is 20.3 Å². The molecule has 0 atom stereocenters. The van der Waals surface area contributed by atoms with E-state index < -0.39 is 0 Å². The van der Waals surface area contributed by atoms with Crippen LogP contribution < -0.4 is 14.8 Å². The summed E-state index contributed by atoms with van der Waals surface area (Å²) in [6.07, 6.45) is 2.61. The summed E-state index contributed by atoms with van der Waals surface area (Å²) in [4.78, 5) is 0. The largest absolute Gasteiger partial charge is 0.493 e. The smallest absolute Gasteiger partial charge is 0.161 e. The predicted octanol–water partition coefficient (Wildman–Crippen LogP) is 3.62. The molecule has 21 heavy (non-hydrogen) atoms. The highest BCUT2D eigenvalue weighted by molar-refractivity contribution is 5.70. The van der Waals surface area contributed by atoms with Gasteiger partial charge < -0.3 is 14.8 Å². The van der Waals surface area contributed by atoms with E-state index in [-0.39, 0.29) is 0 Å². The number of nitrogens with one attached hydrogen (secondary N) is 1. The number of hydrogen-bond donors (Lipinski definition) is 1. The molecule has 3 rings (SSSR count). The number of rotatable bonds is 6. The van der Waals surface area contributed by atoms with Crippen molar-refractivity contribution in [2.45, 2.75) is 25.4 Å². The van der Waals surface area contributed by atoms with Gasteiger partial charge >= 0.3 is 0 Å². The lowest BCUT2D eigenvalue weighted by molar-refractivity contribution is 0.355. The molecule has 0 bridgehead atoms. The lowest BCUT2D eigenvalue weighted by Gasteiger charge is -2.13. The summed E-state index contributed by atoms with van der Waals surface area (Å²) in [5.74, 6) is 1.52. The van der Waals surface area contributed by atoms with Crippen molar-refractivity contribution in [1.82, 2.24) is 5.32 Å². The third-order valence-corrected chi connectivity index (χ3v) is 3.87. The van der Waals surface area contributed by atoms with Crippen molar-refractivity contribution in [3.05, 3.63) is 48.0 Å².